The van der Waals surface area contributed by atoms with Gasteiger partial charge in [-0.2, -0.15) is 5.10 Å². The average Bonchev–Trinajstić information content (AvgIpc) is 3.08. The molecule has 2 N–H and O–H groups in total. The number of rotatable bonds is 9. The van der Waals surface area contributed by atoms with Gasteiger partial charge < -0.3 is 10.6 Å². The van der Waals surface area contributed by atoms with Crippen LogP contribution in [-0.4, -0.2) is 42.6 Å². The summed E-state index contributed by atoms with van der Waals surface area (Å²) in [5.41, 5.74) is 1.80. The van der Waals surface area contributed by atoms with Crippen molar-refractivity contribution in [1.29, 1.82) is 0 Å². The highest BCUT2D eigenvalue weighted by Gasteiger charge is 2.26. The Hall–Kier alpha value is -2.80. The van der Waals surface area contributed by atoms with Gasteiger partial charge in [0.25, 0.3) is 0 Å². The fourth-order valence-electron chi connectivity index (χ4n) is 2.32. The van der Waals surface area contributed by atoms with Gasteiger partial charge in [0.15, 0.2) is 0 Å². The lowest BCUT2D eigenvalue weighted by Gasteiger charge is -2.12. The third-order valence-electron chi connectivity index (χ3n) is 3.75. The molecule has 1 fully saturated rings. The first kappa shape index (κ1) is 20.5. The fraction of sp³-hybridized carbons (Fsp3) is 0.250. The lowest BCUT2D eigenvalue weighted by atomic mass is 10.2. The first-order valence-corrected chi connectivity index (χ1v) is 9.60. The fourth-order valence-corrected chi connectivity index (χ4v) is 3.25. The van der Waals surface area contributed by atoms with Crippen LogP contribution in [0.3, 0.4) is 0 Å². The van der Waals surface area contributed by atoms with E-state index in [0.717, 1.165) is 17.0 Å². The summed E-state index contributed by atoms with van der Waals surface area (Å²) in [5, 5.41) is 11.9. The standard InChI is InChI=1S/C20H24N4O2S/c1-3-7-16(14-22-24(2)17-8-5-4-6-9-17)10-12-21-15-19(25)23-18-11-13-27-20(18)26/h3-10,12,14,18,21H,1,11,13,15H2,2H3,(H,23,25)/b12-10-,16-7+,22-14+. The highest BCUT2D eigenvalue weighted by Crippen LogP contribution is 2.19. The lowest BCUT2D eigenvalue weighted by molar-refractivity contribution is -0.123. The Morgan fingerprint density at radius 2 is 2.19 bits per heavy atom. The Morgan fingerprint density at radius 1 is 1.41 bits per heavy atom. The molecule has 1 aromatic carbocycles. The van der Waals surface area contributed by atoms with Crippen LogP contribution in [-0.2, 0) is 9.59 Å². The van der Waals surface area contributed by atoms with E-state index in [0.29, 0.717) is 6.42 Å². The molecule has 1 aliphatic heterocycles. The van der Waals surface area contributed by atoms with Gasteiger partial charge in [0, 0.05) is 12.8 Å². The first-order valence-electron chi connectivity index (χ1n) is 8.61. The van der Waals surface area contributed by atoms with E-state index in [2.05, 4.69) is 22.3 Å². The summed E-state index contributed by atoms with van der Waals surface area (Å²) in [4.78, 5) is 23.4. The molecule has 1 atom stereocenters. The topological polar surface area (TPSA) is 73.8 Å². The van der Waals surface area contributed by atoms with Crippen LogP contribution in [0.1, 0.15) is 6.42 Å². The van der Waals surface area contributed by atoms with Crippen molar-refractivity contribution in [1.82, 2.24) is 10.6 Å². The summed E-state index contributed by atoms with van der Waals surface area (Å²) in [6, 6.07) is 9.44. The summed E-state index contributed by atoms with van der Waals surface area (Å²) >= 11 is 1.27. The Bertz CT molecular complexity index is 744. The van der Waals surface area contributed by atoms with E-state index in [9.17, 15) is 9.59 Å². The maximum atomic E-state index is 11.9. The predicted molar refractivity (Wildman–Crippen MR) is 113 cm³/mol. The normalized spacial score (nSPS) is 17.4. The van der Waals surface area contributed by atoms with Crippen molar-refractivity contribution in [3.63, 3.8) is 0 Å². The third kappa shape index (κ3) is 7.15. The molecule has 1 heterocycles. The van der Waals surface area contributed by atoms with Crippen molar-refractivity contribution >= 4 is 34.7 Å². The van der Waals surface area contributed by atoms with Gasteiger partial charge in [-0.25, -0.2) is 0 Å². The molecule has 0 spiro atoms. The maximum absolute atomic E-state index is 11.9. The quantitative estimate of drug-likeness (QED) is 0.389. The predicted octanol–water partition coefficient (Wildman–Crippen LogP) is 2.47. The molecule has 142 valence electrons. The van der Waals surface area contributed by atoms with Crippen molar-refractivity contribution in [2.75, 3.05) is 24.4 Å². The molecular formula is C20H24N4O2S. The second-order valence-corrected chi connectivity index (χ2v) is 6.90. The molecule has 1 amide bonds. The number of hydrazone groups is 1. The van der Waals surface area contributed by atoms with E-state index in [-0.39, 0.29) is 23.6 Å². The van der Waals surface area contributed by atoms with E-state index >= 15 is 0 Å². The van der Waals surface area contributed by atoms with E-state index in [1.807, 2.05) is 43.5 Å². The van der Waals surface area contributed by atoms with Crippen molar-refractivity contribution < 1.29 is 9.59 Å². The number of para-hydroxylation sites is 1. The molecule has 2 rings (SSSR count). The van der Waals surface area contributed by atoms with Crippen molar-refractivity contribution in [3.05, 3.63) is 66.9 Å². The van der Waals surface area contributed by atoms with Gasteiger partial charge in [-0.15, -0.1) is 0 Å². The first-order chi connectivity index (χ1) is 13.1. The molecule has 27 heavy (non-hydrogen) atoms. The minimum absolute atomic E-state index is 0.0360. The summed E-state index contributed by atoms with van der Waals surface area (Å²) in [6.07, 6.45) is 9.37. The minimum atomic E-state index is -0.356. The molecule has 0 aromatic heterocycles. The number of thioether (sulfide) groups is 1. The molecule has 1 aromatic rings. The molecule has 7 heteroatoms. The molecule has 0 bridgehead atoms. The Labute approximate surface area is 164 Å². The van der Waals surface area contributed by atoms with Gasteiger partial charge >= 0.3 is 0 Å². The Kier molecular flexibility index (Phi) is 8.38. The lowest BCUT2D eigenvalue weighted by Crippen LogP contribution is -2.41. The SMILES string of the molecule is C=C/C=C(\C=C/NCC(=O)NC1CCSC1=O)/C=N/N(C)c1ccccc1. The number of allylic oxidation sites excluding steroid dienone is 4. The zero-order chi connectivity index (χ0) is 19.5. The number of carbonyl (C=O) groups excluding carboxylic acids is 2. The summed E-state index contributed by atoms with van der Waals surface area (Å²) in [6.45, 7) is 3.81. The number of anilines is 1. The number of benzene rings is 1. The highest BCUT2D eigenvalue weighted by molar-refractivity contribution is 8.14. The molecule has 6 nitrogen and oxygen atoms in total. The van der Waals surface area contributed by atoms with Crippen LogP contribution in [0.25, 0.3) is 0 Å². The summed E-state index contributed by atoms with van der Waals surface area (Å²) < 4.78 is 0. The largest absolute Gasteiger partial charge is 0.382 e. The molecule has 0 aliphatic carbocycles. The monoisotopic (exact) mass is 384 g/mol. The van der Waals surface area contributed by atoms with Crippen LogP contribution < -0.4 is 15.6 Å². The van der Waals surface area contributed by atoms with Gasteiger partial charge in [0.05, 0.1) is 24.5 Å². The van der Waals surface area contributed by atoms with E-state index < -0.39 is 0 Å². The highest BCUT2D eigenvalue weighted by atomic mass is 32.2. The van der Waals surface area contributed by atoms with Crippen LogP contribution in [0, 0.1) is 0 Å². The molecule has 1 saturated heterocycles. The Balaban J connectivity index is 1.81. The van der Waals surface area contributed by atoms with Crippen molar-refractivity contribution in [2.45, 2.75) is 12.5 Å². The van der Waals surface area contributed by atoms with Crippen LogP contribution in [0.4, 0.5) is 5.69 Å². The van der Waals surface area contributed by atoms with Crippen LogP contribution >= 0.6 is 11.8 Å². The number of carbonyl (C=O) groups is 2. The third-order valence-corrected chi connectivity index (χ3v) is 4.76. The van der Waals surface area contributed by atoms with Gasteiger partial charge in [-0.05, 0) is 36.4 Å². The zero-order valence-corrected chi connectivity index (χ0v) is 16.1. The number of nitrogens with one attached hydrogen (secondary N) is 2. The molecule has 1 unspecified atom stereocenters. The second kappa shape index (κ2) is 11.0. The van der Waals surface area contributed by atoms with E-state index in [1.54, 1.807) is 29.6 Å². The summed E-state index contributed by atoms with van der Waals surface area (Å²) in [5.74, 6) is 0.566. The average molecular weight is 385 g/mol. The van der Waals surface area contributed by atoms with Crippen LogP contribution in [0.15, 0.2) is 72.0 Å². The molecule has 1 aliphatic rings. The van der Waals surface area contributed by atoms with Gasteiger partial charge in [-0.3, -0.25) is 14.6 Å². The number of amides is 1. The van der Waals surface area contributed by atoms with E-state index in [4.69, 9.17) is 0 Å². The van der Waals surface area contributed by atoms with E-state index in [1.165, 1.54) is 11.8 Å². The smallest absolute Gasteiger partial charge is 0.239 e. The summed E-state index contributed by atoms with van der Waals surface area (Å²) in [7, 11) is 1.87. The minimum Gasteiger partial charge on any atom is -0.382 e. The number of hydrogen-bond donors (Lipinski definition) is 2. The molecular weight excluding hydrogens is 360 g/mol. The van der Waals surface area contributed by atoms with Crippen molar-refractivity contribution in [2.24, 2.45) is 5.10 Å². The maximum Gasteiger partial charge on any atom is 0.239 e. The number of hydrogen-bond acceptors (Lipinski definition) is 6. The van der Waals surface area contributed by atoms with Crippen molar-refractivity contribution in [3.8, 4) is 0 Å². The van der Waals surface area contributed by atoms with Crippen LogP contribution in [0.5, 0.6) is 0 Å². The second-order valence-electron chi connectivity index (χ2n) is 5.80. The molecule has 0 saturated carbocycles. The Morgan fingerprint density at radius 3 is 2.85 bits per heavy atom. The molecule has 0 radical (unpaired) electrons. The van der Waals surface area contributed by atoms with Crippen LogP contribution in [0.2, 0.25) is 0 Å². The van der Waals surface area contributed by atoms with Gasteiger partial charge in [0.1, 0.15) is 0 Å². The van der Waals surface area contributed by atoms with Gasteiger partial charge in [-0.1, -0.05) is 48.7 Å². The number of nitrogens with zero attached hydrogens (tertiary/aromatic N) is 2. The zero-order valence-electron chi connectivity index (χ0n) is 15.3. The van der Waals surface area contributed by atoms with Gasteiger partial charge in [0.2, 0.25) is 11.0 Å².